The molecule has 1 N–H and O–H groups in total. The molecule has 1 atom stereocenters. The second-order valence-corrected chi connectivity index (χ2v) is 9.08. The Balaban J connectivity index is 1.49. The van der Waals surface area contributed by atoms with E-state index >= 15 is 0 Å². The van der Waals surface area contributed by atoms with Crippen LogP contribution in [0.3, 0.4) is 0 Å². The topological polar surface area (TPSA) is 37.3 Å². The van der Waals surface area contributed by atoms with Crippen LogP contribution in [0.5, 0.6) is 0 Å². The third kappa shape index (κ3) is 4.41. The molecule has 1 unspecified atom stereocenters. The van der Waals surface area contributed by atoms with Crippen LogP contribution in [0.2, 0.25) is 0 Å². The van der Waals surface area contributed by atoms with Crippen molar-refractivity contribution in [3.05, 3.63) is 120 Å². The number of rotatable bonds is 5. The van der Waals surface area contributed by atoms with Gasteiger partial charge in [-0.1, -0.05) is 60.7 Å². The van der Waals surface area contributed by atoms with Gasteiger partial charge in [-0.15, -0.1) is 11.8 Å². The summed E-state index contributed by atoms with van der Waals surface area (Å²) in [5.74, 6) is 0. The Morgan fingerprint density at radius 2 is 1.70 bits per heavy atom. The van der Waals surface area contributed by atoms with Gasteiger partial charge in [-0.25, -0.2) is 4.79 Å². The zero-order valence-electron chi connectivity index (χ0n) is 18.6. The largest absolute Gasteiger partial charge is 0.338 e. The van der Waals surface area contributed by atoms with Crippen molar-refractivity contribution in [1.29, 1.82) is 0 Å². The first-order valence-corrected chi connectivity index (χ1v) is 12.4. The molecule has 0 aliphatic carbocycles. The smallest absolute Gasteiger partial charge is 0.318 e. The monoisotopic (exact) mass is 453 g/mol. The number of thioether (sulfide) groups is 1. The number of amides is 2. The van der Waals surface area contributed by atoms with Crippen molar-refractivity contribution < 1.29 is 4.79 Å². The van der Waals surface area contributed by atoms with E-state index in [-0.39, 0.29) is 12.1 Å². The normalized spacial score (nSPS) is 14.8. The van der Waals surface area contributed by atoms with Crippen molar-refractivity contribution in [2.75, 3.05) is 12.8 Å². The van der Waals surface area contributed by atoms with Crippen LogP contribution in [0.1, 0.15) is 28.4 Å². The lowest BCUT2D eigenvalue weighted by Crippen LogP contribution is -2.42. The summed E-state index contributed by atoms with van der Waals surface area (Å²) in [5.41, 5.74) is 5.69. The van der Waals surface area contributed by atoms with Gasteiger partial charge in [-0.05, 0) is 59.7 Å². The van der Waals surface area contributed by atoms with E-state index in [2.05, 4.69) is 89.1 Å². The molecular weight excluding hydrogens is 426 g/mol. The van der Waals surface area contributed by atoms with E-state index in [4.69, 9.17) is 0 Å². The van der Waals surface area contributed by atoms with Crippen LogP contribution in [-0.2, 0) is 13.0 Å². The number of carbonyl (C=O) groups excluding carboxylic acids is 1. The highest BCUT2D eigenvalue weighted by Crippen LogP contribution is 2.37. The van der Waals surface area contributed by atoms with Gasteiger partial charge in [0.1, 0.15) is 0 Å². The van der Waals surface area contributed by atoms with Gasteiger partial charge in [0.25, 0.3) is 0 Å². The first-order chi connectivity index (χ1) is 16.2. The van der Waals surface area contributed by atoms with Crippen LogP contribution in [0.4, 0.5) is 4.79 Å². The third-order valence-electron chi connectivity index (χ3n) is 6.19. The zero-order chi connectivity index (χ0) is 22.6. The average molecular weight is 454 g/mol. The quantitative estimate of drug-likeness (QED) is 0.373. The molecule has 0 spiro atoms. The van der Waals surface area contributed by atoms with Crippen molar-refractivity contribution in [1.82, 2.24) is 14.8 Å². The van der Waals surface area contributed by atoms with E-state index in [0.717, 1.165) is 28.9 Å². The van der Waals surface area contributed by atoms with E-state index in [1.165, 1.54) is 10.5 Å². The number of para-hydroxylation sites is 1. The Morgan fingerprint density at radius 3 is 2.48 bits per heavy atom. The molecule has 1 aliphatic rings. The SMILES string of the molecule is CSc1ccc(C2c3cccn3-c3ccccc3CN2C(=O)NCCc2ccccc2)cc1. The van der Waals surface area contributed by atoms with Crippen LogP contribution >= 0.6 is 11.8 Å². The predicted octanol–water partition coefficient (Wildman–Crippen LogP) is 6.06. The van der Waals surface area contributed by atoms with Gasteiger partial charge >= 0.3 is 6.03 Å². The molecule has 2 amide bonds. The number of fused-ring (bicyclic) bond motifs is 3. The minimum Gasteiger partial charge on any atom is -0.338 e. The van der Waals surface area contributed by atoms with Gasteiger partial charge in [-0.3, -0.25) is 0 Å². The maximum atomic E-state index is 13.6. The molecule has 4 aromatic rings. The molecule has 33 heavy (non-hydrogen) atoms. The summed E-state index contributed by atoms with van der Waals surface area (Å²) in [6.07, 6.45) is 4.98. The molecule has 5 heteroatoms. The summed E-state index contributed by atoms with van der Waals surface area (Å²) in [6.45, 7) is 1.14. The number of benzene rings is 3. The van der Waals surface area contributed by atoms with E-state index in [1.807, 2.05) is 29.2 Å². The molecule has 2 heterocycles. The fourth-order valence-electron chi connectivity index (χ4n) is 4.54. The lowest BCUT2D eigenvalue weighted by molar-refractivity contribution is 0.180. The van der Waals surface area contributed by atoms with Gasteiger partial charge in [-0.2, -0.15) is 0 Å². The fourth-order valence-corrected chi connectivity index (χ4v) is 4.94. The van der Waals surface area contributed by atoms with Gasteiger partial charge in [0.2, 0.25) is 0 Å². The lowest BCUT2D eigenvalue weighted by atomic mass is 10.0. The average Bonchev–Trinajstić information content (AvgIpc) is 3.29. The molecule has 3 aromatic carbocycles. The standard InChI is InChI=1S/C28H27N3OS/c1-33-24-15-13-22(14-16-24)27-26-12-7-19-30(26)25-11-6-5-10-23(25)20-31(27)28(32)29-18-17-21-8-3-2-4-9-21/h2-16,19,27H,17-18,20H2,1H3,(H,29,32). The van der Waals surface area contributed by atoms with E-state index in [0.29, 0.717) is 13.1 Å². The Kier molecular flexibility index (Phi) is 6.22. The van der Waals surface area contributed by atoms with Crippen LogP contribution in [-0.4, -0.2) is 28.3 Å². The summed E-state index contributed by atoms with van der Waals surface area (Å²) >= 11 is 1.72. The van der Waals surface area contributed by atoms with Gasteiger partial charge in [0.15, 0.2) is 0 Å². The zero-order valence-corrected chi connectivity index (χ0v) is 19.5. The van der Waals surface area contributed by atoms with E-state index in [1.54, 1.807) is 11.8 Å². The molecule has 0 fully saturated rings. The maximum Gasteiger partial charge on any atom is 0.318 e. The van der Waals surface area contributed by atoms with Crippen molar-refractivity contribution in [3.63, 3.8) is 0 Å². The minimum absolute atomic E-state index is 0.0469. The number of nitrogens with zero attached hydrogens (tertiary/aromatic N) is 2. The molecule has 0 saturated heterocycles. The van der Waals surface area contributed by atoms with Crippen LogP contribution < -0.4 is 5.32 Å². The first kappa shape index (κ1) is 21.4. The first-order valence-electron chi connectivity index (χ1n) is 11.2. The summed E-state index contributed by atoms with van der Waals surface area (Å²) in [5, 5.41) is 3.18. The number of nitrogens with one attached hydrogen (secondary N) is 1. The number of hydrogen-bond acceptors (Lipinski definition) is 2. The lowest BCUT2D eigenvalue weighted by Gasteiger charge is -2.31. The van der Waals surface area contributed by atoms with E-state index in [9.17, 15) is 4.79 Å². The van der Waals surface area contributed by atoms with Crippen molar-refractivity contribution in [2.24, 2.45) is 0 Å². The third-order valence-corrected chi connectivity index (χ3v) is 6.93. The number of hydrogen-bond donors (Lipinski definition) is 1. The van der Waals surface area contributed by atoms with Crippen LogP contribution in [0.25, 0.3) is 5.69 Å². The molecule has 166 valence electrons. The fraction of sp³-hybridized carbons (Fsp3) is 0.179. The van der Waals surface area contributed by atoms with Crippen LogP contribution in [0.15, 0.2) is 102 Å². The molecule has 1 aliphatic heterocycles. The second kappa shape index (κ2) is 9.59. The summed E-state index contributed by atoms with van der Waals surface area (Å²) in [4.78, 5) is 16.8. The Bertz CT molecular complexity index is 1230. The summed E-state index contributed by atoms with van der Waals surface area (Å²) < 4.78 is 2.22. The van der Waals surface area contributed by atoms with Crippen LogP contribution in [0, 0.1) is 0 Å². The Hall–Kier alpha value is -3.44. The minimum atomic E-state index is -0.181. The maximum absolute atomic E-state index is 13.6. The summed E-state index contributed by atoms with van der Waals surface area (Å²) in [6, 6.07) is 31.1. The molecule has 1 aromatic heterocycles. The molecule has 5 rings (SSSR count). The number of aromatic nitrogens is 1. The highest BCUT2D eigenvalue weighted by molar-refractivity contribution is 7.98. The highest BCUT2D eigenvalue weighted by atomic mass is 32.2. The van der Waals surface area contributed by atoms with Crippen molar-refractivity contribution in [2.45, 2.75) is 23.9 Å². The van der Waals surface area contributed by atoms with Gasteiger partial charge in [0, 0.05) is 23.3 Å². The Morgan fingerprint density at radius 1 is 0.939 bits per heavy atom. The molecule has 4 nitrogen and oxygen atoms in total. The Labute approximate surface area is 199 Å². The van der Waals surface area contributed by atoms with Gasteiger partial charge < -0.3 is 14.8 Å². The van der Waals surface area contributed by atoms with Crippen molar-refractivity contribution >= 4 is 17.8 Å². The molecule has 0 radical (unpaired) electrons. The summed E-state index contributed by atoms with van der Waals surface area (Å²) in [7, 11) is 0. The number of urea groups is 1. The highest BCUT2D eigenvalue weighted by Gasteiger charge is 2.32. The molecule has 0 bridgehead atoms. The molecule has 0 saturated carbocycles. The van der Waals surface area contributed by atoms with Gasteiger partial charge in [0.05, 0.1) is 18.3 Å². The molecular formula is C28H27N3OS. The predicted molar refractivity (Wildman–Crippen MR) is 135 cm³/mol. The van der Waals surface area contributed by atoms with Crippen molar-refractivity contribution in [3.8, 4) is 5.69 Å². The number of carbonyl (C=O) groups is 1. The second-order valence-electron chi connectivity index (χ2n) is 8.20. The van der Waals surface area contributed by atoms with E-state index < -0.39 is 0 Å².